The lowest BCUT2D eigenvalue weighted by Crippen LogP contribution is -2.40. The fourth-order valence-corrected chi connectivity index (χ4v) is 2.84. The number of hydrogen-bond acceptors (Lipinski definition) is 3. The predicted molar refractivity (Wildman–Crippen MR) is 88.1 cm³/mol. The summed E-state index contributed by atoms with van der Waals surface area (Å²) in [5.74, 6) is 0.116. The highest BCUT2D eigenvalue weighted by atomic mass is 35.5. The summed E-state index contributed by atoms with van der Waals surface area (Å²) in [5, 5.41) is 13.3. The first-order valence-electron chi connectivity index (χ1n) is 7.48. The molecule has 1 heterocycles. The van der Waals surface area contributed by atoms with Gasteiger partial charge in [0.1, 0.15) is 5.82 Å². The number of nitrogens with zero attached hydrogens (tertiary/aromatic N) is 2. The molecule has 0 amide bonds. The zero-order chi connectivity index (χ0) is 16.3. The summed E-state index contributed by atoms with van der Waals surface area (Å²) in [6, 6.07) is 5.61. The molecule has 6 heteroatoms. The molecule has 0 unspecified atom stereocenters. The van der Waals surface area contributed by atoms with E-state index in [1.54, 1.807) is 0 Å². The minimum Gasteiger partial charge on any atom is -0.481 e. The molecule has 22 heavy (non-hydrogen) atoms. The number of carbonyl (C=O) groups is 1. The number of benzene rings is 1. The molecule has 0 spiro atoms. The van der Waals surface area contributed by atoms with Gasteiger partial charge in [0.2, 0.25) is 0 Å². The van der Waals surface area contributed by atoms with E-state index < -0.39 is 11.4 Å². The van der Waals surface area contributed by atoms with Crippen LogP contribution in [0, 0.1) is 5.41 Å². The van der Waals surface area contributed by atoms with Gasteiger partial charge in [0.15, 0.2) is 0 Å². The molecule has 1 aromatic carbocycles. The van der Waals surface area contributed by atoms with Gasteiger partial charge in [0.25, 0.3) is 0 Å². The Morgan fingerprint density at radius 3 is 2.68 bits per heavy atom. The van der Waals surface area contributed by atoms with Crippen LogP contribution in [-0.2, 0) is 18.4 Å². The van der Waals surface area contributed by atoms with E-state index in [2.05, 4.69) is 10.3 Å². The van der Waals surface area contributed by atoms with Crippen LogP contribution in [0.2, 0.25) is 5.02 Å². The number of carboxylic acid groups (broad SMARTS) is 1. The Balaban J connectivity index is 2.12. The van der Waals surface area contributed by atoms with Crippen molar-refractivity contribution in [2.45, 2.75) is 33.2 Å². The number of rotatable bonds is 7. The van der Waals surface area contributed by atoms with Crippen molar-refractivity contribution in [2.24, 2.45) is 12.5 Å². The van der Waals surface area contributed by atoms with Crippen LogP contribution >= 0.6 is 11.6 Å². The lowest BCUT2D eigenvalue weighted by molar-refractivity contribution is -0.149. The highest BCUT2D eigenvalue weighted by molar-refractivity contribution is 6.31. The number of aliphatic carboxylic acids is 1. The molecular formula is C16H22ClN3O2. The molecule has 2 aromatic rings. The van der Waals surface area contributed by atoms with Crippen LogP contribution < -0.4 is 5.32 Å². The van der Waals surface area contributed by atoms with E-state index in [4.69, 9.17) is 11.6 Å². The number of nitrogens with one attached hydrogen (secondary N) is 1. The van der Waals surface area contributed by atoms with Gasteiger partial charge in [-0.3, -0.25) is 4.79 Å². The maximum atomic E-state index is 11.5. The fourth-order valence-electron chi connectivity index (χ4n) is 2.67. The molecule has 0 aliphatic heterocycles. The first-order valence-corrected chi connectivity index (χ1v) is 7.86. The van der Waals surface area contributed by atoms with Crippen LogP contribution in [0.15, 0.2) is 18.2 Å². The maximum Gasteiger partial charge on any atom is 0.310 e. The fraction of sp³-hybridized carbons (Fsp3) is 0.500. The molecule has 5 nitrogen and oxygen atoms in total. The Hall–Kier alpha value is -1.59. The summed E-state index contributed by atoms with van der Waals surface area (Å²) in [4.78, 5) is 16.1. The van der Waals surface area contributed by atoms with Crippen molar-refractivity contribution >= 4 is 28.6 Å². The molecule has 0 bridgehead atoms. The van der Waals surface area contributed by atoms with Crippen LogP contribution in [0.5, 0.6) is 0 Å². The summed E-state index contributed by atoms with van der Waals surface area (Å²) < 4.78 is 2.00. The maximum absolute atomic E-state index is 11.5. The topological polar surface area (TPSA) is 67.2 Å². The summed E-state index contributed by atoms with van der Waals surface area (Å²) in [5.41, 5.74) is 1.15. The van der Waals surface area contributed by atoms with Gasteiger partial charge in [0, 0.05) is 18.6 Å². The highest BCUT2D eigenvalue weighted by Crippen LogP contribution is 2.26. The van der Waals surface area contributed by atoms with Gasteiger partial charge >= 0.3 is 5.97 Å². The van der Waals surface area contributed by atoms with Crippen molar-refractivity contribution in [3.05, 3.63) is 29.0 Å². The molecule has 0 atom stereocenters. The standard InChI is InChI=1S/C16H22ClN3O2/c1-4-16(5-2,15(21)22)10-18-9-14-19-12-8-11(17)6-7-13(12)20(14)3/h6-8,18H,4-5,9-10H2,1-3H3,(H,21,22). The Bertz CT molecular complexity index is 677. The van der Waals surface area contributed by atoms with E-state index in [-0.39, 0.29) is 0 Å². The zero-order valence-electron chi connectivity index (χ0n) is 13.2. The Labute approximate surface area is 135 Å². The van der Waals surface area contributed by atoms with Gasteiger partial charge in [-0.1, -0.05) is 25.4 Å². The number of carboxylic acids is 1. The molecular weight excluding hydrogens is 302 g/mol. The van der Waals surface area contributed by atoms with Gasteiger partial charge in [0.05, 0.1) is 23.0 Å². The number of fused-ring (bicyclic) bond motifs is 1. The molecule has 2 rings (SSSR count). The van der Waals surface area contributed by atoms with Crippen molar-refractivity contribution in [1.82, 2.24) is 14.9 Å². The van der Waals surface area contributed by atoms with E-state index in [0.717, 1.165) is 16.9 Å². The van der Waals surface area contributed by atoms with Crippen molar-refractivity contribution in [3.8, 4) is 0 Å². The van der Waals surface area contributed by atoms with Gasteiger partial charge < -0.3 is 15.0 Å². The molecule has 0 aliphatic rings. The Kier molecular flexibility index (Phi) is 5.08. The normalized spacial score (nSPS) is 12.0. The van der Waals surface area contributed by atoms with Crippen LogP contribution in [-0.4, -0.2) is 27.2 Å². The van der Waals surface area contributed by atoms with Crippen LogP contribution in [0.3, 0.4) is 0 Å². The highest BCUT2D eigenvalue weighted by Gasteiger charge is 2.34. The molecule has 1 aromatic heterocycles. The Morgan fingerprint density at radius 2 is 2.09 bits per heavy atom. The van der Waals surface area contributed by atoms with E-state index in [9.17, 15) is 9.90 Å². The third-order valence-electron chi connectivity index (χ3n) is 4.49. The molecule has 0 fully saturated rings. The van der Waals surface area contributed by atoms with Gasteiger partial charge in [-0.15, -0.1) is 0 Å². The SMILES string of the molecule is CCC(CC)(CNCc1nc2cc(Cl)ccc2n1C)C(=O)O. The van der Waals surface area contributed by atoms with Gasteiger partial charge in [-0.05, 0) is 31.0 Å². The van der Waals surface area contributed by atoms with Crippen LogP contribution in [0.4, 0.5) is 0 Å². The largest absolute Gasteiger partial charge is 0.481 e. The van der Waals surface area contributed by atoms with Crippen LogP contribution in [0.25, 0.3) is 11.0 Å². The molecule has 0 saturated heterocycles. The van der Waals surface area contributed by atoms with Crippen molar-refractivity contribution in [1.29, 1.82) is 0 Å². The molecule has 120 valence electrons. The summed E-state index contributed by atoms with van der Waals surface area (Å²) in [7, 11) is 1.95. The average Bonchev–Trinajstić information content (AvgIpc) is 2.79. The van der Waals surface area contributed by atoms with Crippen LogP contribution in [0.1, 0.15) is 32.5 Å². The second-order valence-electron chi connectivity index (χ2n) is 5.62. The molecule has 2 N–H and O–H groups in total. The minimum atomic E-state index is -0.748. The number of hydrogen-bond donors (Lipinski definition) is 2. The van der Waals surface area contributed by atoms with E-state index in [0.29, 0.717) is 31.0 Å². The second-order valence-corrected chi connectivity index (χ2v) is 6.05. The third kappa shape index (κ3) is 3.10. The summed E-state index contributed by atoms with van der Waals surface area (Å²) >= 11 is 5.99. The predicted octanol–water partition coefficient (Wildman–Crippen LogP) is 3.21. The van der Waals surface area contributed by atoms with E-state index in [1.165, 1.54) is 0 Å². The third-order valence-corrected chi connectivity index (χ3v) is 4.72. The van der Waals surface area contributed by atoms with E-state index >= 15 is 0 Å². The number of halogens is 1. The molecule has 0 radical (unpaired) electrons. The van der Waals surface area contributed by atoms with E-state index in [1.807, 2.05) is 43.7 Å². The summed E-state index contributed by atoms with van der Waals surface area (Å²) in [6.45, 7) is 4.78. The molecule has 0 aliphatic carbocycles. The first kappa shape index (κ1) is 16.8. The summed E-state index contributed by atoms with van der Waals surface area (Å²) in [6.07, 6.45) is 1.20. The zero-order valence-corrected chi connectivity index (χ0v) is 13.9. The average molecular weight is 324 g/mol. The van der Waals surface area contributed by atoms with Crippen molar-refractivity contribution in [3.63, 3.8) is 0 Å². The van der Waals surface area contributed by atoms with Crippen molar-refractivity contribution < 1.29 is 9.90 Å². The number of aromatic nitrogens is 2. The van der Waals surface area contributed by atoms with Gasteiger partial charge in [-0.25, -0.2) is 4.98 Å². The quantitative estimate of drug-likeness (QED) is 0.821. The van der Waals surface area contributed by atoms with Crippen molar-refractivity contribution in [2.75, 3.05) is 6.54 Å². The smallest absolute Gasteiger partial charge is 0.310 e. The van der Waals surface area contributed by atoms with Gasteiger partial charge in [-0.2, -0.15) is 0 Å². The first-order chi connectivity index (χ1) is 10.4. The molecule has 0 saturated carbocycles. The Morgan fingerprint density at radius 1 is 1.41 bits per heavy atom. The monoisotopic (exact) mass is 323 g/mol. The lowest BCUT2D eigenvalue weighted by atomic mass is 9.82. The lowest BCUT2D eigenvalue weighted by Gasteiger charge is -2.26. The minimum absolute atomic E-state index is 0.430. The number of aryl methyl sites for hydroxylation is 1. The number of imidazole rings is 1. The second kappa shape index (κ2) is 6.67.